The lowest BCUT2D eigenvalue weighted by Gasteiger charge is -2.19. The van der Waals surface area contributed by atoms with Crippen molar-refractivity contribution in [2.75, 3.05) is 25.6 Å². The maximum Gasteiger partial charge on any atom is 0.319 e. The number of amides is 2. The summed E-state index contributed by atoms with van der Waals surface area (Å²) in [6.45, 7) is 6.91. The largest absolute Gasteiger partial charge is 0.493 e. The first-order valence-corrected chi connectivity index (χ1v) is 9.97. The molecular formula is C23H32N2O4. The van der Waals surface area contributed by atoms with Gasteiger partial charge in [0, 0.05) is 11.8 Å². The second-order valence-corrected chi connectivity index (χ2v) is 7.66. The Kier molecular flexibility index (Phi) is 8.80. The number of aliphatic hydroxyl groups is 1. The minimum atomic E-state index is -0.484. The third-order valence-electron chi connectivity index (χ3n) is 4.51. The van der Waals surface area contributed by atoms with Gasteiger partial charge in [0.25, 0.3) is 0 Å². The summed E-state index contributed by atoms with van der Waals surface area (Å²) in [5.74, 6) is 2.22. The van der Waals surface area contributed by atoms with Gasteiger partial charge in [0.2, 0.25) is 0 Å². The molecule has 6 heteroatoms. The van der Waals surface area contributed by atoms with Crippen molar-refractivity contribution in [2.45, 2.75) is 33.2 Å². The Balaban J connectivity index is 2.01. The Morgan fingerprint density at radius 2 is 1.79 bits per heavy atom. The molecule has 0 bridgehead atoms. The maximum absolute atomic E-state index is 12.4. The Labute approximate surface area is 173 Å². The van der Waals surface area contributed by atoms with E-state index in [0.29, 0.717) is 35.6 Å². The maximum atomic E-state index is 12.4. The summed E-state index contributed by atoms with van der Waals surface area (Å²) in [5, 5.41) is 15.2. The molecule has 1 unspecified atom stereocenters. The van der Waals surface area contributed by atoms with Crippen LogP contribution in [0.25, 0.3) is 0 Å². The van der Waals surface area contributed by atoms with Gasteiger partial charge in [0.1, 0.15) is 0 Å². The molecule has 158 valence electrons. The zero-order valence-corrected chi connectivity index (χ0v) is 17.6. The van der Waals surface area contributed by atoms with Gasteiger partial charge in [-0.3, -0.25) is 0 Å². The van der Waals surface area contributed by atoms with Gasteiger partial charge < -0.3 is 25.2 Å². The lowest BCUT2D eigenvalue weighted by atomic mass is 10.00. The average molecular weight is 401 g/mol. The molecule has 0 aliphatic heterocycles. The Hall–Kier alpha value is -2.73. The van der Waals surface area contributed by atoms with Crippen molar-refractivity contribution in [1.29, 1.82) is 0 Å². The third-order valence-corrected chi connectivity index (χ3v) is 4.51. The zero-order valence-electron chi connectivity index (χ0n) is 17.6. The van der Waals surface area contributed by atoms with Crippen LogP contribution in [0.4, 0.5) is 10.5 Å². The van der Waals surface area contributed by atoms with Crippen molar-refractivity contribution >= 4 is 11.7 Å². The van der Waals surface area contributed by atoms with E-state index >= 15 is 0 Å². The summed E-state index contributed by atoms with van der Waals surface area (Å²) in [7, 11) is 1.59. The van der Waals surface area contributed by atoms with Gasteiger partial charge in [-0.15, -0.1) is 0 Å². The van der Waals surface area contributed by atoms with E-state index in [0.717, 1.165) is 12.0 Å². The monoisotopic (exact) mass is 400 g/mol. The molecule has 0 aliphatic carbocycles. The Morgan fingerprint density at radius 3 is 2.41 bits per heavy atom. The van der Waals surface area contributed by atoms with Crippen LogP contribution >= 0.6 is 0 Å². The predicted octanol–water partition coefficient (Wildman–Crippen LogP) is 4.61. The topological polar surface area (TPSA) is 79.8 Å². The minimum absolute atomic E-state index is 0.192. The molecule has 2 atom stereocenters. The van der Waals surface area contributed by atoms with Crippen molar-refractivity contribution in [3.63, 3.8) is 0 Å². The van der Waals surface area contributed by atoms with Gasteiger partial charge >= 0.3 is 6.03 Å². The van der Waals surface area contributed by atoms with Crippen LogP contribution in [0.5, 0.6) is 11.5 Å². The van der Waals surface area contributed by atoms with Crippen LogP contribution in [0, 0.1) is 11.8 Å². The lowest BCUT2D eigenvalue weighted by Crippen LogP contribution is -2.34. The third kappa shape index (κ3) is 7.31. The first-order chi connectivity index (χ1) is 13.9. The molecule has 0 fully saturated rings. The standard InChI is InChI=1S/C23H32N2O4/c1-16(2)12-17(3)15-29-22-13-19(10-11-21(22)28-4)24-23(27)25-20(14-26)18-8-6-5-7-9-18/h5-11,13,16-17,20,26H,12,14-15H2,1-4H3,(H2,24,25,27)/t17?,20-/m0/s1. The fraction of sp³-hybridized carbons (Fsp3) is 0.435. The highest BCUT2D eigenvalue weighted by Crippen LogP contribution is 2.31. The number of carbonyl (C=O) groups excluding carboxylic acids is 1. The summed E-state index contributed by atoms with van der Waals surface area (Å²) in [6.07, 6.45) is 1.07. The van der Waals surface area contributed by atoms with E-state index in [1.165, 1.54) is 0 Å². The number of benzene rings is 2. The first kappa shape index (κ1) is 22.6. The lowest BCUT2D eigenvalue weighted by molar-refractivity contribution is 0.225. The van der Waals surface area contributed by atoms with E-state index in [4.69, 9.17) is 9.47 Å². The van der Waals surface area contributed by atoms with Gasteiger partial charge in [0.05, 0.1) is 26.4 Å². The molecule has 0 heterocycles. The highest BCUT2D eigenvalue weighted by Gasteiger charge is 2.15. The van der Waals surface area contributed by atoms with Gasteiger partial charge in [-0.25, -0.2) is 4.79 Å². The molecule has 6 nitrogen and oxygen atoms in total. The normalized spacial score (nSPS) is 12.9. The second-order valence-electron chi connectivity index (χ2n) is 7.66. The molecule has 0 aromatic heterocycles. The molecule has 2 aromatic carbocycles. The number of hydrogen-bond acceptors (Lipinski definition) is 4. The number of ether oxygens (including phenoxy) is 2. The first-order valence-electron chi connectivity index (χ1n) is 9.97. The fourth-order valence-electron chi connectivity index (χ4n) is 3.22. The number of rotatable bonds is 10. The summed E-state index contributed by atoms with van der Waals surface area (Å²) in [6, 6.07) is 13.7. The molecule has 2 aromatic rings. The van der Waals surface area contributed by atoms with Crippen LogP contribution in [0.1, 0.15) is 38.8 Å². The van der Waals surface area contributed by atoms with Crippen LogP contribution in [-0.4, -0.2) is 31.5 Å². The van der Waals surface area contributed by atoms with Crippen LogP contribution < -0.4 is 20.1 Å². The highest BCUT2D eigenvalue weighted by atomic mass is 16.5. The van der Waals surface area contributed by atoms with Crippen molar-refractivity contribution in [3.05, 3.63) is 54.1 Å². The summed E-state index contributed by atoms with van der Waals surface area (Å²) in [4.78, 5) is 12.4. The number of aliphatic hydroxyl groups excluding tert-OH is 1. The molecule has 2 amide bonds. The van der Waals surface area contributed by atoms with Gasteiger partial charge in [0.15, 0.2) is 11.5 Å². The number of urea groups is 1. The molecule has 0 aliphatic rings. The number of anilines is 1. The molecular weight excluding hydrogens is 368 g/mol. The molecule has 2 rings (SSSR count). The molecule has 3 N–H and O–H groups in total. The number of nitrogens with one attached hydrogen (secondary N) is 2. The summed E-state index contributed by atoms with van der Waals surface area (Å²) >= 11 is 0. The van der Waals surface area contributed by atoms with Crippen LogP contribution in [0.3, 0.4) is 0 Å². The van der Waals surface area contributed by atoms with Crippen LogP contribution in [0.15, 0.2) is 48.5 Å². The number of hydrogen-bond donors (Lipinski definition) is 3. The van der Waals surface area contributed by atoms with E-state index in [1.54, 1.807) is 25.3 Å². The fourth-order valence-corrected chi connectivity index (χ4v) is 3.22. The summed E-state index contributed by atoms with van der Waals surface area (Å²) in [5.41, 5.74) is 1.42. The highest BCUT2D eigenvalue weighted by molar-refractivity contribution is 5.90. The predicted molar refractivity (Wildman–Crippen MR) is 116 cm³/mol. The van der Waals surface area contributed by atoms with Crippen molar-refractivity contribution in [2.24, 2.45) is 11.8 Å². The molecule has 29 heavy (non-hydrogen) atoms. The van der Waals surface area contributed by atoms with Gasteiger partial charge in [-0.05, 0) is 36.0 Å². The Bertz CT molecular complexity index is 765. The van der Waals surface area contributed by atoms with Gasteiger partial charge in [-0.1, -0.05) is 51.1 Å². The second kappa shape index (κ2) is 11.3. The Morgan fingerprint density at radius 1 is 1.07 bits per heavy atom. The zero-order chi connectivity index (χ0) is 21.2. The SMILES string of the molecule is COc1ccc(NC(=O)N[C@@H](CO)c2ccccc2)cc1OCC(C)CC(C)C. The molecule has 0 saturated carbocycles. The summed E-state index contributed by atoms with van der Waals surface area (Å²) < 4.78 is 11.3. The van der Waals surface area contributed by atoms with Crippen LogP contribution in [0.2, 0.25) is 0 Å². The van der Waals surface area contributed by atoms with Crippen LogP contribution in [-0.2, 0) is 0 Å². The van der Waals surface area contributed by atoms with E-state index in [-0.39, 0.29) is 6.61 Å². The van der Waals surface area contributed by atoms with Crippen molar-refractivity contribution in [3.8, 4) is 11.5 Å². The number of carbonyl (C=O) groups is 1. The average Bonchev–Trinajstić information content (AvgIpc) is 2.70. The number of methoxy groups -OCH3 is 1. The van der Waals surface area contributed by atoms with E-state index in [9.17, 15) is 9.90 Å². The van der Waals surface area contributed by atoms with Gasteiger partial charge in [-0.2, -0.15) is 0 Å². The van der Waals surface area contributed by atoms with Crippen molar-refractivity contribution in [1.82, 2.24) is 5.32 Å². The molecule has 0 spiro atoms. The van der Waals surface area contributed by atoms with E-state index in [1.807, 2.05) is 30.3 Å². The minimum Gasteiger partial charge on any atom is -0.493 e. The smallest absolute Gasteiger partial charge is 0.319 e. The molecule has 0 saturated heterocycles. The van der Waals surface area contributed by atoms with E-state index < -0.39 is 12.1 Å². The van der Waals surface area contributed by atoms with E-state index in [2.05, 4.69) is 31.4 Å². The quantitative estimate of drug-likeness (QED) is 0.544. The van der Waals surface area contributed by atoms with Crippen molar-refractivity contribution < 1.29 is 19.4 Å². The molecule has 0 radical (unpaired) electrons.